The summed E-state index contributed by atoms with van der Waals surface area (Å²) in [6, 6.07) is 0. The molecule has 0 aromatic rings. The van der Waals surface area contributed by atoms with Gasteiger partial charge in [0.2, 0.25) is 0 Å². The molecule has 0 saturated heterocycles. The molecular weight excluding hydrogens is 140 g/mol. The Kier molecular flexibility index (Phi) is 2.92. The van der Waals surface area contributed by atoms with Gasteiger partial charge in [0.1, 0.15) is 0 Å². The standard InChI is InChI=1S/C9H15O2/c1-3-4-7-5-6-8(7)9(10)11-2/h7-8H,1,3-6H2,2H3. The lowest BCUT2D eigenvalue weighted by Gasteiger charge is -2.34. The van der Waals surface area contributed by atoms with E-state index >= 15 is 0 Å². The largest absolute Gasteiger partial charge is 0.469 e. The third kappa shape index (κ3) is 1.73. The van der Waals surface area contributed by atoms with E-state index in [0.717, 1.165) is 19.3 Å². The van der Waals surface area contributed by atoms with Crippen LogP contribution in [0.25, 0.3) is 0 Å². The Morgan fingerprint density at radius 1 is 1.64 bits per heavy atom. The van der Waals surface area contributed by atoms with Crippen LogP contribution in [0.1, 0.15) is 25.7 Å². The molecule has 0 amide bonds. The Bertz CT molecular complexity index is 142. The van der Waals surface area contributed by atoms with Crippen LogP contribution < -0.4 is 0 Å². The number of carbonyl (C=O) groups excluding carboxylic acids is 1. The second-order valence-electron chi connectivity index (χ2n) is 3.11. The maximum absolute atomic E-state index is 11.0. The Balaban J connectivity index is 2.30. The molecule has 1 aliphatic rings. The molecule has 2 unspecified atom stereocenters. The highest BCUT2D eigenvalue weighted by molar-refractivity contribution is 5.73. The monoisotopic (exact) mass is 155 g/mol. The fraction of sp³-hybridized carbons (Fsp3) is 0.778. The molecule has 0 spiro atoms. The summed E-state index contributed by atoms with van der Waals surface area (Å²) in [5.41, 5.74) is 0. The van der Waals surface area contributed by atoms with Gasteiger partial charge < -0.3 is 4.74 Å². The smallest absolute Gasteiger partial charge is 0.308 e. The van der Waals surface area contributed by atoms with E-state index in [4.69, 9.17) is 0 Å². The van der Waals surface area contributed by atoms with Gasteiger partial charge in [0, 0.05) is 0 Å². The van der Waals surface area contributed by atoms with Gasteiger partial charge >= 0.3 is 5.97 Å². The van der Waals surface area contributed by atoms with Gasteiger partial charge in [-0.2, -0.15) is 0 Å². The number of esters is 1. The molecule has 63 valence electrons. The molecule has 2 atom stereocenters. The lowest BCUT2D eigenvalue weighted by molar-refractivity contribution is -0.151. The third-order valence-corrected chi connectivity index (χ3v) is 2.50. The van der Waals surface area contributed by atoms with Gasteiger partial charge in [-0.1, -0.05) is 13.3 Å². The normalized spacial score (nSPS) is 29.3. The summed E-state index contributed by atoms with van der Waals surface area (Å²) in [7, 11) is 1.46. The molecule has 0 aliphatic heterocycles. The van der Waals surface area contributed by atoms with Crippen LogP contribution in [0.4, 0.5) is 0 Å². The number of hydrogen-bond donors (Lipinski definition) is 0. The molecule has 0 bridgehead atoms. The topological polar surface area (TPSA) is 26.3 Å². The van der Waals surface area contributed by atoms with Crippen molar-refractivity contribution in [1.82, 2.24) is 0 Å². The van der Waals surface area contributed by atoms with Gasteiger partial charge in [0.15, 0.2) is 0 Å². The maximum Gasteiger partial charge on any atom is 0.308 e. The molecule has 0 N–H and O–H groups in total. The molecule has 2 nitrogen and oxygen atoms in total. The van der Waals surface area contributed by atoms with E-state index in [-0.39, 0.29) is 11.9 Å². The quantitative estimate of drug-likeness (QED) is 0.581. The first kappa shape index (κ1) is 8.57. The summed E-state index contributed by atoms with van der Waals surface area (Å²) in [5, 5.41) is 0. The second kappa shape index (κ2) is 3.74. The minimum Gasteiger partial charge on any atom is -0.469 e. The molecule has 1 radical (unpaired) electrons. The first-order chi connectivity index (χ1) is 5.29. The zero-order chi connectivity index (χ0) is 8.27. The van der Waals surface area contributed by atoms with Crippen molar-refractivity contribution in [3.8, 4) is 0 Å². The number of carbonyl (C=O) groups is 1. The first-order valence-electron chi connectivity index (χ1n) is 4.16. The molecule has 1 saturated carbocycles. The summed E-state index contributed by atoms with van der Waals surface area (Å²) < 4.78 is 4.67. The third-order valence-electron chi connectivity index (χ3n) is 2.50. The van der Waals surface area contributed by atoms with Crippen molar-refractivity contribution in [3.63, 3.8) is 0 Å². The Morgan fingerprint density at radius 3 is 2.73 bits per heavy atom. The van der Waals surface area contributed by atoms with Crippen LogP contribution in [0.3, 0.4) is 0 Å². The number of ether oxygens (including phenoxy) is 1. The average molecular weight is 155 g/mol. The van der Waals surface area contributed by atoms with Gasteiger partial charge in [0.05, 0.1) is 13.0 Å². The van der Waals surface area contributed by atoms with Crippen LogP contribution >= 0.6 is 0 Å². The zero-order valence-corrected chi connectivity index (χ0v) is 7.01. The van der Waals surface area contributed by atoms with Gasteiger partial charge in [-0.05, 0) is 25.2 Å². The highest BCUT2D eigenvalue weighted by Crippen LogP contribution is 2.38. The van der Waals surface area contributed by atoms with Crippen molar-refractivity contribution in [1.29, 1.82) is 0 Å². The van der Waals surface area contributed by atoms with Crippen molar-refractivity contribution < 1.29 is 9.53 Å². The van der Waals surface area contributed by atoms with Crippen LogP contribution in [0.15, 0.2) is 0 Å². The predicted octanol–water partition coefficient (Wildman–Crippen LogP) is 1.80. The summed E-state index contributed by atoms with van der Waals surface area (Å²) in [6.45, 7) is 3.77. The van der Waals surface area contributed by atoms with Crippen molar-refractivity contribution in [2.75, 3.05) is 7.11 Å². The molecule has 0 aromatic heterocycles. The highest BCUT2D eigenvalue weighted by Gasteiger charge is 2.36. The Morgan fingerprint density at radius 2 is 2.36 bits per heavy atom. The van der Waals surface area contributed by atoms with E-state index in [0.29, 0.717) is 5.92 Å². The minimum atomic E-state index is -0.0327. The highest BCUT2D eigenvalue weighted by atomic mass is 16.5. The van der Waals surface area contributed by atoms with Gasteiger partial charge in [-0.25, -0.2) is 0 Å². The van der Waals surface area contributed by atoms with E-state index < -0.39 is 0 Å². The van der Waals surface area contributed by atoms with Gasteiger partial charge in [-0.15, -0.1) is 0 Å². The summed E-state index contributed by atoms with van der Waals surface area (Å²) in [4.78, 5) is 11.0. The van der Waals surface area contributed by atoms with Crippen molar-refractivity contribution in [3.05, 3.63) is 6.92 Å². The molecule has 11 heavy (non-hydrogen) atoms. The fourth-order valence-electron chi connectivity index (χ4n) is 1.64. The fourth-order valence-corrected chi connectivity index (χ4v) is 1.64. The van der Waals surface area contributed by atoms with Crippen LogP contribution in [0.2, 0.25) is 0 Å². The van der Waals surface area contributed by atoms with Crippen LogP contribution in [-0.4, -0.2) is 13.1 Å². The van der Waals surface area contributed by atoms with Crippen LogP contribution in [-0.2, 0) is 9.53 Å². The number of rotatable bonds is 3. The van der Waals surface area contributed by atoms with E-state index in [9.17, 15) is 4.79 Å². The Labute approximate surface area is 67.9 Å². The van der Waals surface area contributed by atoms with E-state index in [1.165, 1.54) is 13.5 Å². The summed E-state index contributed by atoms with van der Waals surface area (Å²) in [6.07, 6.45) is 4.19. The zero-order valence-electron chi connectivity index (χ0n) is 7.01. The average Bonchev–Trinajstić information content (AvgIpc) is 1.98. The summed E-state index contributed by atoms with van der Waals surface area (Å²) >= 11 is 0. The maximum atomic E-state index is 11.0. The molecule has 1 rings (SSSR count). The number of hydrogen-bond acceptors (Lipinski definition) is 2. The van der Waals surface area contributed by atoms with Crippen LogP contribution in [0.5, 0.6) is 0 Å². The Hall–Kier alpha value is -0.530. The SMILES string of the molecule is [CH2]CCC1CCC1C(=O)OC. The summed E-state index contributed by atoms with van der Waals surface area (Å²) in [5.74, 6) is 0.705. The lowest BCUT2D eigenvalue weighted by Crippen LogP contribution is -2.33. The second-order valence-corrected chi connectivity index (χ2v) is 3.11. The molecule has 1 aliphatic carbocycles. The van der Waals surface area contributed by atoms with E-state index in [2.05, 4.69) is 11.7 Å². The van der Waals surface area contributed by atoms with Gasteiger partial charge in [0.25, 0.3) is 0 Å². The van der Waals surface area contributed by atoms with Crippen LogP contribution in [0, 0.1) is 18.8 Å². The molecule has 2 heteroatoms. The predicted molar refractivity (Wildman–Crippen MR) is 42.8 cm³/mol. The molecular formula is C9H15O2. The lowest BCUT2D eigenvalue weighted by atomic mass is 9.71. The first-order valence-corrected chi connectivity index (χ1v) is 4.16. The molecule has 0 heterocycles. The number of methoxy groups -OCH3 is 1. The van der Waals surface area contributed by atoms with Gasteiger partial charge in [-0.3, -0.25) is 4.79 Å². The van der Waals surface area contributed by atoms with Crippen molar-refractivity contribution in [2.24, 2.45) is 11.8 Å². The van der Waals surface area contributed by atoms with Crippen molar-refractivity contribution >= 4 is 5.97 Å². The van der Waals surface area contributed by atoms with E-state index in [1.807, 2.05) is 0 Å². The minimum absolute atomic E-state index is 0.0327. The van der Waals surface area contributed by atoms with Crippen molar-refractivity contribution in [2.45, 2.75) is 25.7 Å². The molecule has 0 aromatic carbocycles. The molecule has 1 fully saturated rings. The van der Waals surface area contributed by atoms with E-state index in [1.54, 1.807) is 0 Å².